The van der Waals surface area contributed by atoms with Crippen LogP contribution in [0.15, 0.2) is 78.9 Å². The Morgan fingerprint density at radius 1 is 0.977 bits per heavy atom. The lowest BCUT2D eigenvalue weighted by molar-refractivity contribution is -0.150. The van der Waals surface area contributed by atoms with Crippen LogP contribution in [-0.4, -0.2) is 74.5 Å². The van der Waals surface area contributed by atoms with E-state index in [0.29, 0.717) is 26.1 Å². The molecule has 3 aromatic rings. The van der Waals surface area contributed by atoms with Gasteiger partial charge in [0.1, 0.15) is 17.8 Å². The van der Waals surface area contributed by atoms with E-state index >= 15 is 0 Å². The Morgan fingerprint density at radius 2 is 1.66 bits per heavy atom. The van der Waals surface area contributed by atoms with Crippen LogP contribution in [0.5, 0.6) is 5.75 Å². The Balaban J connectivity index is 1.48. The fourth-order valence-electron chi connectivity index (χ4n) is 5.06. The number of hydrogen-bond donors (Lipinski definition) is 4. The number of carbonyl (C=O) groups excluding carboxylic acids is 3. The van der Waals surface area contributed by atoms with Gasteiger partial charge in [-0.05, 0) is 73.5 Å². The first-order valence-electron chi connectivity index (χ1n) is 15.3. The van der Waals surface area contributed by atoms with E-state index < -0.39 is 12.1 Å². The van der Waals surface area contributed by atoms with Gasteiger partial charge >= 0.3 is 0 Å². The third kappa shape index (κ3) is 9.05. The molecule has 0 unspecified atom stereocenters. The first-order chi connectivity index (χ1) is 21.4. The van der Waals surface area contributed by atoms with Gasteiger partial charge in [-0.15, -0.1) is 0 Å². The van der Waals surface area contributed by atoms with Crippen LogP contribution in [-0.2, 0) is 27.3 Å². The van der Waals surface area contributed by atoms with Gasteiger partial charge in [0.15, 0.2) is 0 Å². The van der Waals surface area contributed by atoms with Gasteiger partial charge in [0.25, 0.3) is 0 Å². The van der Waals surface area contributed by atoms with E-state index in [9.17, 15) is 14.4 Å². The SMILES string of the molecule is CCCOc1ccc(C[C@@H]2NC(=O)[C@H](CNC(=O)CNCCCN)N(Cc3ccc(N(C)c4ccccc4)cc3)C2=O)cc1. The van der Waals surface area contributed by atoms with Crippen molar-refractivity contribution >= 4 is 29.1 Å². The Labute approximate surface area is 259 Å². The Hall–Kier alpha value is -4.41. The van der Waals surface area contributed by atoms with Crippen molar-refractivity contribution in [3.05, 3.63) is 90.0 Å². The number of para-hydroxylation sites is 1. The van der Waals surface area contributed by atoms with E-state index in [1.165, 1.54) is 0 Å². The van der Waals surface area contributed by atoms with Crippen molar-refractivity contribution in [2.45, 2.75) is 44.8 Å². The second kappa shape index (κ2) is 16.4. The monoisotopic (exact) mass is 600 g/mol. The van der Waals surface area contributed by atoms with Gasteiger partial charge in [0.2, 0.25) is 17.7 Å². The molecule has 2 atom stereocenters. The highest BCUT2D eigenvalue weighted by Gasteiger charge is 2.40. The largest absolute Gasteiger partial charge is 0.494 e. The van der Waals surface area contributed by atoms with Crippen LogP contribution in [0.25, 0.3) is 0 Å². The van der Waals surface area contributed by atoms with Crippen LogP contribution in [0.3, 0.4) is 0 Å². The van der Waals surface area contributed by atoms with E-state index in [1.807, 2.05) is 92.8 Å². The number of nitrogens with zero attached hydrogens (tertiary/aromatic N) is 2. The van der Waals surface area contributed by atoms with Crippen LogP contribution < -0.4 is 31.3 Å². The molecule has 1 aliphatic heterocycles. The van der Waals surface area contributed by atoms with Crippen molar-refractivity contribution in [1.29, 1.82) is 0 Å². The van der Waals surface area contributed by atoms with Crippen molar-refractivity contribution < 1.29 is 19.1 Å². The second-order valence-electron chi connectivity index (χ2n) is 10.9. The quantitative estimate of drug-likeness (QED) is 0.186. The van der Waals surface area contributed by atoms with Gasteiger partial charge in [-0.25, -0.2) is 0 Å². The molecule has 10 heteroatoms. The molecule has 0 bridgehead atoms. The van der Waals surface area contributed by atoms with Crippen molar-refractivity contribution in [3.63, 3.8) is 0 Å². The Morgan fingerprint density at radius 3 is 2.34 bits per heavy atom. The molecule has 1 fully saturated rings. The standard InChI is InChI=1S/C34H44N6O4/c1-3-20-44-29-16-12-25(13-17-29)21-30-34(43)40(31(33(42)38-30)22-37-32(41)23-36-19-7-18-35)24-26-10-14-28(15-11-26)39(2)27-8-5-4-6-9-27/h4-6,8-17,30-31,36H,3,7,18-24,35H2,1-2H3,(H,37,41)(H,38,42)/t30-,31-/m0/s1. The topological polar surface area (TPSA) is 129 Å². The van der Waals surface area contributed by atoms with E-state index in [2.05, 4.69) is 20.9 Å². The predicted molar refractivity (Wildman–Crippen MR) is 173 cm³/mol. The third-order valence-electron chi connectivity index (χ3n) is 7.57. The number of nitrogens with one attached hydrogen (secondary N) is 3. The zero-order chi connectivity index (χ0) is 31.3. The molecule has 3 aromatic carbocycles. The number of piperazine rings is 1. The molecular weight excluding hydrogens is 556 g/mol. The van der Waals surface area contributed by atoms with Crippen LogP contribution in [0.4, 0.5) is 11.4 Å². The molecule has 5 N–H and O–H groups in total. The number of amides is 3. The van der Waals surface area contributed by atoms with Crippen LogP contribution in [0, 0.1) is 0 Å². The number of benzene rings is 3. The summed E-state index contributed by atoms with van der Waals surface area (Å²) in [5.41, 5.74) is 9.37. The molecule has 3 amide bonds. The predicted octanol–water partition coefficient (Wildman–Crippen LogP) is 2.74. The summed E-state index contributed by atoms with van der Waals surface area (Å²) in [4.78, 5) is 43.4. The Kier molecular flexibility index (Phi) is 12.1. The zero-order valence-corrected chi connectivity index (χ0v) is 25.6. The molecular formula is C34H44N6O4. The maximum absolute atomic E-state index is 13.9. The molecule has 1 aliphatic rings. The lowest BCUT2D eigenvalue weighted by Gasteiger charge is -2.39. The average molecular weight is 601 g/mol. The highest BCUT2D eigenvalue weighted by molar-refractivity contribution is 5.97. The molecule has 0 saturated carbocycles. The number of hydrogen-bond acceptors (Lipinski definition) is 7. The molecule has 44 heavy (non-hydrogen) atoms. The zero-order valence-electron chi connectivity index (χ0n) is 25.6. The first-order valence-corrected chi connectivity index (χ1v) is 15.3. The maximum Gasteiger partial charge on any atom is 0.246 e. The minimum Gasteiger partial charge on any atom is -0.494 e. The molecule has 0 aliphatic carbocycles. The van der Waals surface area contributed by atoms with Gasteiger partial charge in [0.05, 0.1) is 13.2 Å². The first kappa shape index (κ1) is 32.5. The van der Waals surface area contributed by atoms with E-state index in [1.54, 1.807) is 4.90 Å². The summed E-state index contributed by atoms with van der Waals surface area (Å²) in [6, 6.07) is 24.0. The lowest BCUT2D eigenvalue weighted by Crippen LogP contribution is -2.66. The highest BCUT2D eigenvalue weighted by Crippen LogP contribution is 2.25. The maximum atomic E-state index is 13.9. The molecule has 10 nitrogen and oxygen atoms in total. The van der Waals surface area contributed by atoms with Crippen molar-refractivity contribution in [2.24, 2.45) is 5.73 Å². The average Bonchev–Trinajstić information content (AvgIpc) is 3.05. The Bertz CT molecular complexity index is 1350. The number of rotatable bonds is 16. The number of anilines is 2. The third-order valence-corrected chi connectivity index (χ3v) is 7.57. The molecule has 4 rings (SSSR count). The molecule has 1 saturated heterocycles. The summed E-state index contributed by atoms with van der Waals surface area (Å²) in [6.07, 6.45) is 2.02. The summed E-state index contributed by atoms with van der Waals surface area (Å²) in [6.45, 7) is 4.21. The fraction of sp³-hybridized carbons (Fsp3) is 0.382. The van der Waals surface area contributed by atoms with Crippen molar-refractivity contribution in [3.8, 4) is 5.75 Å². The number of ether oxygens (including phenoxy) is 1. The summed E-state index contributed by atoms with van der Waals surface area (Å²) in [5.74, 6) is 0.0324. The van der Waals surface area contributed by atoms with Crippen molar-refractivity contribution in [1.82, 2.24) is 20.9 Å². The van der Waals surface area contributed by atoms with Crippen molar-refractivity contribution in [2.75, 3.05) is 44.7 Å². The number of nitrogens with two attached hydrogens (primary N) is 1. The van der Waals surface area contributed by atoms with Gasteiger partial charge in [-0.1, -0.05) is 49.4 Å². The minimum atomic E-state index is -0.844. The normalized spacial score (nSPS) is 16.4. The summed E-state index contributed by atoms with van der Waals surface area (Å²) in [7, 11) is 2.00. The van der Waals surface area contributed by atoms with E-state index in [0.717, 1.165) is 41.1 Å². The highest BCUT2D eigenvalue weighted by atomic mass is 16.5. The van der Waals surface area contributed by atoms with Crippen LogP contribution in [0.1, 0.15) is 30.9 Å². The molecule has 0 spiro atoms. The van der Waals surface area contributed by atoms with Gasteiger partial charge in [-0.2, -0.15) is 0 Å². The van der Waals surface area contributed by atoms with Crippen LogP contribution >= 0.6 is 0 Å². The molecule has 0 aromatic heterocycles. The summed E-state index contributed by atoms with van der Waals surface area (Å²) < 4.78 is 5.67. The van der Waals surface area contributed by atoms with Crippen LogP contribution in [0.2, 0.25) is 0 Å². The number of carbonyl (C=O) groups is 3. The van der Waals surface area contributed by atoms with Gasteiger partial charge in [0, 0.05) is 37.9 Å². The minimum absolute atomic E-state index is 0.0139. The summed E-state index contributed by atoms with van der Waals surface area (Å²) >= 11 is 0. The lowest BCUT2D eigenvalue weighted by atomic mass is 9.99. The van der Waals surface area contributed by atoms with Gasteiger partial charge < -0.3 is 36.2 Å². The second-order valence-corrected chi connectivity index (χ2v) is 10.9. The molecule has 234 valence electrons. The smallest absolute Gasteiger partial charge is 0.246 e. The van der Waals surface area contributed by atoms with E-state index in [4.69, 9.17) is 10.5 Å². The van der Waals surface area contributed by atoms with E-state index in [-0.39, 0.29) is 37.4 Å². The fourth-order valence-corrected chi connectivity index (χ4v) is 5.06. The van der Waals surface area contributed by atoms with Gasteiger partial charge in [-0.3, -0.25) is 14.4 Å². The molecule has 1 heterocycles. The summed E-state index contributed by atoms with van der Waals surface area (Å²) in [5, 5.41) is 8.76. The molecule has 0 radical (unpaired) electrons.